The van der Waals surface area contributed by atoms with Gasteiger partial charge in [0.15, 0.2) is 5.75 Å². The first kappa shape index (κ1) is 21.1. The Kier molecular flexibility index (Phi) is 5.91. The number of hydrogen-bond acceptors (Lipinski definition) is 6. The van der Waals surface area contributed by atoms with Gasteiger partial charge in [0.2, 0.25) is 0 Å². The van der Waals surface area contributed by atoms with E-state index in [1.165, 1.54) is 13.3 Å². The number of carbonyl (C=O) groups excluding carboxylic acids is 1. The molecular formula is C25H22N4O3. The molecule has 2 N–H and O–H groups in total. The van der Waals surface area contributed by atoms with E-state index in [1.54, 1.807) is 24.0 Å². The molecule has 0 saturated carbocycles. The van der Waals surface area contributed by atoms with Crippen molar-refractivity contribution in [1.82, 2.24) is 15.4 Å². The van der Waals surface area contributed by atoms with Crippen LogP contribution in [0.15, 0.2) is 65.9 Å². The average Bonchev–Trinajstić information content (AvgIpc) is 2.84. The summed E-state index contributed by atoms with van der Waals surface area (Å²) in [5.41, 5.74) is 7.82. The van der Waals surface area contributed by atoms with E-state index in [1.807, 2.05) is 44.2 Å². The molecule has 160 valence electrons. The van der Waals surface area contributed by atoms with Gasteiger partial charge in [-0.2, -0.15) is 0 Å². The molecule has 7 nitrogen and oxygen atoms in total. The Bertz CT molecular complexity index is 1330. The normalized spacial score (nSPS) is 11.1. The van der Waals surface area contributed by atoms with Gasteiger partial charge >= 0.3 is 0 Å². The summed E-state index contributed by atoms with van der Waals surface area (Å²) in [5, 5.41) is 9.75. The third-order valence-corrected chi connectivity index (χ3v) is 5.24. The van der Waals surface area contributed by atoms with Crippen molar-refractivity contribution in [3.63, 3.8) is 0 Å². The van der Waals surface area contributed by atoms with Crippen molar-refractivity contribution in [2.24, 2.45) is 4.99 Å². The first-order valence-electron chi connectivity index (χ1n) is 10.0. The van der Waals surface area contributed by atoms with E-state index in [4.69, 9.17) is 9.72 Å². The average molecular weight is 426 g/mol. The number of benzene rings is 2. The Balaban J connectivity index is 1.84. The fourth-order valence-electron chi connectivity index (χ4n) is 3.65. The molecule has 4 rings (SSSR count). The molecule has 0 aliphatic heterocycles. The van der Waals surface area contributed by atoms with E-state index in [9.17, 15) is 10.0 Å². The standard InChI is InChI=1S/C25H22N4O3/c1-4-27-21-13-18(6-5-15(21)2)16-7-9-17(10-8-16)23-24(32-3)22(25(30)29-31)19-14-26-12-11-20(19)28-23/h4-14,31H,1-3H3,(H,29,30). The van der Waals surface area contributed by atoms with Crippen LogP contribution >= 0.6 is 0 Å². The second kappa shape index (κ2) is 8.95. The molecule has 2 aromatic heterocycles. The largest absolute Gasteiger partial charge is 0.494 e. The fourth-order valence-corrected chi connectivity index (χ4v) is 3.65. The summed E-state index contributed by atoms with van der Waals surface area (Å²) < 4.78 is 5.55. The molecule has 0 fully saturated rings. The highest BCUT2D eigenvalue weighted by molar-refractivity contribution is 6.09. The minimum atomic E-state index is -0.691. The highest BCUT2D eigenvalue weighted by Gasteiger charge is 2.22. The Morgan fingerprint density at radius 3 is 2.50 bits per heavy atom. The Morgan fingerprint density at radius 2 is 1.81 bits per heavy atom. The second-order valence-corrected chi connectivity index (χ2v) is 7.17. The van der Waals surface area contributed by atoms with Gasteiger partial charge in [0.1, 0.15) is 5.69 Å². The predicted molar refractivity (Wildman–Crippen MR) is 125 cm³/mol. The number of amides is 1. The molecule has 0 aliphatic carbocycles. The maximum Gasteiger partial charge on any atom is 0.279 e. The van der Waals surface area contributed by atoms with E-state index in [0.717, 1.165) is 27.9 Å². The van der Waals surface area contributed by atoms with E-state index < -0.39 is 5.91 Å². The van der Waals surface area contributed by atoms with Crippen molar-refractivity contribution in [2.75, 3.05) is 7.11 Å². The number of carbonyl (C=O) groups is 1. The summed E-state index contributed by atoms with van der Waals surface area (Å²) in [5.74, 6) is -0.427. The number of hydrogen-bond donors (Lipinski definition) is 2. The van der Waals surface area contributed by atoms with Gasteiger partial charge < -0.3 is 4.74 Å². The Morgan fingerprint density at radius 1 is 1.09 bits per heavy atom. The SMILES string of the molecule is CC=Nc1cc(-c2ccc(-c3nc4ccncc4c(C(=O)NO)c3OC)cc2)ccc1C. The van der Waals surface area contributed by atoms with Gasteiger partial charge in [0, 0.05) is 29.6 Å². The zero-order valence-electron chi connectivity index (χ0n) is 18.0. The molecule has 0 spiro atoms. The van der Waals surface area contributed by atoms with Crippen molar-refractivity contribution >= 4 is 28.7 Å². The molecule has 2 aromatic carbocycles. The van der Waals surface area contributed by atoms with E-state index in [-0.39, 0.29) is 11.3 Å². The molecule has 0 aliphatic rings. The monoisotopic (exact) mass is 426 g/mol. The molecule has 2 heterocycles. The van der Waals surface area contributed by atoms with Crippen LogP contribution in [-0.2, 0) is 0 Å². The van der Waals surface area contributed by atoms with Crippen LogP contribution in [0.5, 0.6) is 5.75 Å². The van der Waals surface area contributed by atoms with Crippen molar-refractivity contribution < 1.29 is 14.7 Å². The molecule has 7 heteroatoms. The molecule has 32 heavy (non-hydrogen) atoms. The van der Waals surface area contributed by atoms with Gasteiger partial charge in [-0.05, 0) is 42.7 Å². The quantitative estimate of drug-likeness (QED) is 0.262. The zero-order chi connectivity index (χ0) is 22.7. The number of methoxy groups -OCH3 is 1. The molecule has 0 radical (unpaired) electrons. The van der Waals surface area contributed by atoms with Crippen LogP contribution in [0.25, 0.3) is 33.3 Å². The number of rotatable bonds is 5. The molecule has 4 aromatic rings. The van der Waals surface area contributed by atoms with Gasteiger partial charge in [-0.25, -0.2) is 10.5 Å². The summed E-state index contributed by atoms with van der Waals surface area (Å²) in [7, 11) is 1.47. The van der Waals surface area contributed by atoms with Gasteiger partial charge in [-0.3, -0.25) is 20.0 Å². The lowest BCUT2D eigenvalue weighted by molar-refractivity contribution is 0.0705. The minimum absolute atomic E-state index is 0.174. The number of ether oxygens (including phenoxy) is 1. The maximum absolute atomic E-state index is 12.4. The molecular weight excluding hydrogens is 404 g/mol. The smallest absolute Gasteiger partial charge is 0.279 e. The molecule has 0 bridgehead atoms. The van der Waals surface area contributed by atoms with E-state index >= 15 is 0 Å². The highest BCUT2D eigenvalue weighted by Crippen LogP contribution is 2.37. The summed E-state index contributed by atoms with van der Waals surface area (Å²) in [6.07, 6.45) is 4.90. The number of nitrogens with one attached hydrogen (secondary N) is 1. The van der Waals surface area contributed by atoms with Crippen LogP contribution in [0.4, 0.5) is 5.69 Å². The molecule has 0 atom stereocenters. The maximum atomic E-state index is 12.4. The van der Waals surface area contributed by atoms with Crippen LogP contribution in [0.2, 0.25) is 0 Å². The first-order valence-corrected chi connectivity index (χ1v) is 10.0. The number of aliphatic imine (C=N–C) groups is 1. The molecule has 0 unspecified atom stereocenters. The van der Waals surface area contributed by atoms with Crippen molar-refractivity contribution in [3.05, 3.63) is 72.1 Å². The van der Waals surface area contributed by atoms with E-state index in [2.05, 4.69) is 22.1 Å². The van der Waals surface area contributed by atoms with Crippen LogP contribution in [0.1, 0.15) is 22.8 Å². The fraction of sp³-hybridized carbons (Fsp3) is 0.120. The Hall–Kier alpha value is -4.10. The summed E-state index contributed by atoms with van der Waals surface area (Å²) >= 11 is 0. The number of nitrogens with zero attached hydrogens (tertiary/aromatic N) is 3. The van der Waals surface area contributed by atoms with Gasteiger partial charge in [0.25, 0.3) is 5.91 Å². The topological polar surface area (TPSA) is 96.7 Å². The van der Waals surface area contributed by atoms with Crippen LogP contribution in [0.3, 0.4) is 0 Å². The lowest BCUT2D eigenvalue weighted by Crippen LogP contribution is -2.20. The van der Waals surface area contributed by atoms with Gasteiger partial charge in [-0.15, -0.1) is 0 Å². The summed E-state index contributed by atoms with van der Waals surface area (Å²) in [6, 6.07) is 15.7. The van der Waals surface area contributed by atoms with Crippen LogP contribution in [0, 0.1) is 6.92 Å². The molecule has 0 saturated heterocycles. The first-order chi connectivity index (χ1) is 15.6. The minimum Gasteiger partial charge on any atom is -0.494 e. The number of aromatic nitrogens is 2. The van der Waals surface area contributed by atoms with Crippen molar-refractivity contribution in [2.45, 2.75) is 13.8 Å². The lowest BCUT2D eigenvalue weighted by atomic mass is 9.99. The van der Waals surface area contributed by atoms with Crippen LogP contribution in [-0.4, -0.2) is 34.4 Å². The van der Waals surface area contributed by atoms with Gasteiger partial charge in [-0.1, -0.05) is 36.4 Å². The lowest BCUT2D eigenvalue weighted by Gasteiger charge is -2.15. The number of hydroxylamine groups is 1. The van der Waals surface area contributed by atoms with Crippen molar-refractivity contribution in [3.8, 4) is 28.1 Å². The number of aryl methyl sites for hydroxylation is 1. The van der Waals surface area contributed by atoms with Crippen LogP contribution < -0.4 is 10.2 Å². The summed E-state index contributed by atoms with van der Waals surface area (Å²) in [4.78, 5) is 25.6. The number of pyridine rings is 2. The zero-order valence-corrected chi connectivity index (χ0v) is 18.0. The highest BCUT2D eigenvalue weighted by atomic mass is 16.5. The van der Waals surface area contributed by atoms with Crippen molar-refractivity contribution in [1.29, 1.82) is 0 Å². The molecule has 1 amide bonds. The third kappa shape index (κ3) is 3.81. The van der Waals surface area contributed by atoms with Gasteiger partial charge in [0.05, 0.1) is 23.9 Å². The predicted octanol–water partition coefficient (Wildman–Crippen LogP) is 5.12. The summed E-state index contributed by atoms with van der Waals surface area (Å²) in [6.45, 7) is 3.93. The third-order valence-electron chi connectivity index (χ3n) is 5.24. The second-order valence-electron chi connectivity index (χ2n) is 7.17. The Labute approximate surface area is 185 Å². The van der Waals surface area contributed by atoms with E-state index in [0.29, 0.717) is 16.6 Å². The number of fused-ring (bicyclic) bond motifs is 1.